The van der Waals surface area contributed by atoms with Gasteiger partial charge in [0.1, 0.15) is 5.75 Å². The minimum atomic E-state index is -0.260. The second-order valence-electron chi connectivity index (χ2n) is 5.75. The number of benzene rings is 1. The van der Waals surface area contributed by atoms with Crippen LogP contribution in [-0.2, 0) is 16.1 Å². The van der Waals surface area contributed by atoms with Gasteiger partial charge in [-0.3, -0.25) is 9.89 Å². The van der Waals surface area contributed by atoms with Crippen LogP contribution in [0.2, 0.25) is 5.02 Å². The highest BCUT2D eigenvalue weighted by Gasteiger charge is 2.33. The molecule has 0 saturated carbocycles. The maximum Gasteiger partial charge on any atom is 0.226 e. The standard InChI is InChI=1S/C17H20ClN3O3/c1-23-15-7-13(18)5-4-11(15)8-19-17(22)14-3-2-6-24-16(14)12-9-20-21-10-12/h4-5,7,9-10,14,16H,2-3,6,8H2,1H3,(H,19,22)(H,20,21)/t14-,16+/m1/s1. The van der Waals surface area contributed by atoms with Gasteiger partial charge in [0.25, 0.3) is 0 Å². The Balaban J connectivity index is 1.67. The summed E-state index contributed by atoms with van der Waals surface area (Å²) in [6, 6.07) is 5.37. The summed E-state index contributed by atoms with van der Waals surface area (Å²) in [5.41, 5.74) is 1.78. The number of carbonyl (C=O) groups excluding carboxylic acids is 1. The van der Waals surface area contributed by atoms with Crippen LogP contribution in [0.4, 0.5) is 0 Å². The van der Waals surface area contributed by atoms with E-state index in [1.54, 1.807) is 31.6 Å². The summed E-state index contributed by atoms with van der Waals surface area (Å²) in [5, 5.41) is 10.3. The van der Waals surface area contributed by atoms with Crippen LogP contribution < -0.4 is 10.1 Å². The first-order valence-corrected chi connectivity index (χ1v) is 8.27. The molecule has 0 radical (unpaired) electrons. The fraction of sp³-hybridized carbons (Fsp3) is 0.412. The van der Waals surface area contributed by atoms with Gasteiger partial charge in [0, 0.05) is 35.5 Å². The van der Waals surface area contributed by atoms with Gasteiger partial charge < -0.3 is 14.8 Å². The van der Waals surface area contributed by atoms with E-state index in [0.717, 1.165) is 24.0 Å². The van der Waals surface area contributed by atoms with Crippen LogP contribution in [0.1, 0.15) is 30.1 Å². The first-order valence-electron chi connectivity index (χ1n) is 7.89. The Morgan fingerprint density at radius 3 is 3.17 bits per heavy atom. The molecule has 24 heavy (non-hydrogen) atoms. The SMILES string of the molecule is COc1cc(Cl)ccc1CNC(=O)[C@@H]1CCCO[C@H]1c1cn[nH]c1. The second kappa shape index (κ2) is 7.68. The molecule has 1 aromatic heterocycles. The zero-order chi connectivity index (χ0) is 16.9. The Hall–Kier alpha value is -2.05. The number of ether oxygens (including phenoxy) is 2. The van der Waals surface area contributed by atoms with Crippen LogP contribution in [0.15, 0.2) is 30.6 Å². The first kappa shape index (κ1) is 16.8. The minimum Gasteiger partial charge on any atom is -0.496 e. The van der Waals surface area contributed by atoms with E-state index in [4.69, 9.17) is 21.1 Å². The minimum absolute atomic E-state index is 0.0297. The quantitative estimate of drug-likeness (QED) is 0.870. The molecule has 1 aliphatic rings. The summed E-state index contributed by atoms with van der Waals surface area (Å²) in [4.78, 5) is 12.7. The molecule has 6 nitrogen and oxygen atoms in total. The number of aromatic nitrogens is 2. The summed E-state index contributed by atoms with van der Waals surface area (Å²) >= 11 is 5.96. The fourth-order valence-electron chi connectivity index (χ4n) is 2.97. The van der Waals surface area contributed by atoms with Crippen LogP contribution >= 0.6 is 11.6 Å². The van der Waals surface area contributed by atoms with E-state index in [9.17, 15) is 4.79 Å². The van der Waals surface area contributed by atoms with E-state index in [0.29, 0.717) is 23.9 Å². The van der Waals surface area contributed by atoms with E-state index in [1.807, 2.05) is 6.07 Å². The molecular formula is C17H20ClN3O3. The lowest BCUT2D eigenvalue weighted by molar-refractivity contribution is -0.134. The van der Waals surface area contributed by atoms with Crippen LogP contribution in [0.5, 0.6) is 5.75 Å². The Bertz CT molecular complexity index is 690. The number of methoxy groups -OCH3 is 1. The van der Waals surface area contributed by atoms with Gasteiger partial charge in [-0.05, 0) is 25.0 Å². The van der Waals surface area contributed by atoms with Gasteiger partial charge in [-0.1, -0.05) is 17.7 Å². The molecule has 2 N–H and O–H groups in total. The predicted molar refractivity (Wildman–Crippen MR) is 89.9 cm³/mol. The van der Waals surface area contributed by atoms with Gasteiger partial charge in [-0.25, -0.2) is 0 Å². The molecule has 7 heteroatoms. The van der Waals surface area contributed by atoms with Crippen molar-refractivity contribution in [1.29, 1.82) is 0 Å². The predicted octanol–water partition coefficient (Wildman–Crippen LogP) is 2.86. The van der Waals surface area contributed by atoms with Gasteiger partial charge in [0.2, 0.25) is 5.91 Å². The van der Waals surface area contributed by atoms with Gasteiger partial charge in [-0.15, -0.1) is 0 Å². The van der Waals surface area contributed by atoms with E-state index in [2.05, 4.69) is 15.5 Å². The molecule has 2 atom stereocenters. The zero-order valence-corrected chi connectivity index (χ0v) is 14.2. The maximum atomic E-state index is 12.7. The second-order valence-corrected chi connectivity index (χ2v) is 6.18. The summed E-state index contributed by atoms with van der Waals surface area (Å²) in [5.74, 6) is 0.404. The molecule has 0 aliphatic carbocycles. The van der Waals surface area contributed by atoms with Gasteiger partial charge in [0.05, 0.1) is 25.3 Å². The highest BCUT2D eigenvalue weighted by molar-refractivity contribution is 6.30. The number of aromatic amines is 1. The lowest BCUT2D eigenvalue weighted by Crippen LogP contribution is -2.37. The molecule has 0 spiro atoms. The number of rotatable bonds is 5. The molecule has 1 fully saturated rings. The highest BCUT2D eigenvalue weighted by Crippen LogP contribution is 2.33. The number of carbonyl (C=O) groups is 1. The number of nitrogens with one attached hydrogen (secondary N) is 2. The molecule has 0 bridgehead atoms. The Morgan fingerprint density at radius 1 is 1.54 bits per heavy atom. The van der Waals surface area contributed by atoms with Gasteiger partial charge in [-0.2, -0.15) is 5.10 Å². The van der Waals surface area contributed by atoms with Gasteiger partial charge in [0.15, 0.2) is 0 Å². The molecule has 2 aromatic rings. The molecule has 3 rings (SSSR count). The van der Waals surface area contributed by atoms with Crippen LogP contribution in [0, 0.1) is 5.92 Å². The van der Waals surface area contributed by atoms with E-state index in [1.165, 1.54) is 0 Å². The van der Waals surface area contributed by atoms with Crippen LogP contribution in [-0.4, -0.2) is 29.8 Å². The lowest BCUT2D eigenvalue weighted by atomic mass is 9.90. The number of nitrogens with zero attached hydrogens (tertiary/aromatic N) is 1. The molecule has 128 valence electrons. The third-order valence-corrected chi connectivity index (χ3v) is 4.44. The number of amides is 1. The highest BCUT2D eigenvalue weighted by atomic mass is 35.5. The van der Waals surface area contributed by atoms with Crippen molar-refractivity contribution in [3.8, 4) is 5.75 Å². The van der Waals surface area contributed by atoms with Crippen molar-refractivity contribution in [1.82, 2.24) is 15.5 Å². The smallest absolute Gasteiger partial charge is 0.226 e. The maximum absolute atomic E-state index is 12.7. The first-order chi connectivity index (χ1) is 11.7. The topological polar surface area (TPSA) is 76.2 Å². The Labute approximate surface area is 145 Å². The number of halogens is 1. The molecular weight excluding hydrogens is 330 g/mol. The normalized spacial score (nSPS) is 20.6. The van der Waals surface area contributed by atoms with E-state index >= 15 is 0 Å². The monoisotopic (exact) mass is 349 g/mol. The summed E-state index contributed by atoms with van der Waals surface area (Å²) in [6.07, 6.45) is 4.89. The summed E-state index contributed by atoms with van der Waals surface area (Å²) in [7, 11) is 1.58. The average Bonchev–Trinajstić information content (AvgIpc) is 3.14. The van der Waals surface area contributed by atoms with Crippen molar-refractivity contribution in [3.63, 3.8) is 0 Å². The lowest BCUT2D eigenvalue weighted by Gasteiger charge is -2.30. The molecule has 0 unspecified atom stereocenters. The molecule has 1 saturated heterocycles. The molecule has 2 heterocycles. The van der Waals surface area contributed by atoms with Gasteiger partial charge >= 0.3 is 0 Å². The third kappa shape index (κ3) is 3.71. The number of hydrogen-bond donors (Lipinski definition) is 2. The molecule has 1 amide bonds. The fourth-order valence-corrected chi connectivity index (χ4v) is 3.13. The van der Waals surface area contributed by atoms with E-state index in [-0.39, 0.29) is 17.9 Å². The van der Waals surface area contributed by atoms with Crippen molar-refractivity contribution in [2.45, 2.75) is 25.5 Å². The third-order valence-electron chi connectivity index (χ3n) is 4.21. The van der Waals surface area contributed by atoms with Crippen LogP contribution in [0.25, 0.3) is 0 Å². The number of H-pyrrole nitrogens is 1. The number of hydrogen-bond acceptors (Lipinski definition) is 4. The largest absolute Gasteiger partial charge is 0.496 e. The Kier molecular flexibility index (Phi) is 5.37. The Morgan fingerprint density at radius 2 is 2.42 bits per heavy atom. The van der Waals surface area contributed by atoms with Crippen molar-refractivity contribution in [2.24, 2.45) is 5.92 Å². The summed E-state index contributed by atoms with van der Waals surface area (Å²) in [6.45, 7) is 1.04. The van der Waals surface area contributed by atoms with Crippen molar-refractivity contribution in [3.05, 3.63) is 46.7 Å². The zero-order valence-electron chi connectivity index (χ0n) is 13.4. The van der Waals surface area contributed by atoms with E-state index < -0.39 is 0 Å². The van der Waals surface area contributed by atoms with Crippen molar-refractivity contribution in [2.75, 3.05) is 13.7 Å². The van der Waals surface area contributed by atoms with Crippen molar-refractivity contribution < 1.29 is 14.3 Å². The molecule has 1 aliphatic heterocycles. The molecule has 1 aromatic carbocycles. The average molecular weight is 350 g/mol. The van der Waals surface area contributed by atoms with Crippen molar-refractivity contribution >= 4 is 17.5 Å². The summed E-state index contributed by atoms with van der Waals surface area (Å²) < 4.78 is 11.1. The van der Waals surface area contributed by atoms with Crippen LogP contribution in [0.3, 0.4) is 0 Å².